The largest absolute Gasteiger partial charge is 0.462 e. The maximum atomic E-state index is 11.5. The second-order valence-electron chi connectivity index (χ2n) is 4.40. The van der Waals surface area contributed by atoms with Gasteiger partial charge in [-0.05, 0) is 19.1 Å². The molecule has 0 aromatic carbocycles. The molecule has 0 fully saturated rings. The van der Waals surface area contributed by atoms with Gasteiger partial charge in [0.05, 0.1) is 12.2 Å². The maximum Gasteiger partial charge on any atom is 0.338 e. The Hall–Kier alpha value is -1.38. The lowest BCUT2D eigenvalue weighted by Crippen LogP contribution is -2.15. The van der Waals surface area contributed by atoms with Crippen molar-refractivity contribution in [2.45, 2.75) is 33.1 Å². The molecule has 1 heterocycles. The molecule has 15 heavy (non-hydrogen) atoms. The highest BCUT2D eigenvalue weighted by Crippen LogP contribution is 2.20. The number of aromatic nitrogens is 1. The molecule has 0 radical (unpaired) electrons. The van der Waals surface area contributed by atoms with Crippen LogP contribution in [0.25, 0.3) is 0 Å². The molecule has 82 valence electrons. The van der Waals surface area contributed by atoms with Crippen LogP contribution in [0.2, 0.25) is 0 Å². The number of hydrogen-bond donors (Lipinski definition) is 0. The van der Waals surface area contributed by atoms with Gasteiger partial charge in [0.15, 0.2) is 0 Å². The fourth-order valence-corrected chi connectivity index (χ4v) is 1.18. The molecule has 0 bridgehead atoms. The number of carbonyl (C=O) groups is 1. The lowest BCUT2D eigenvalue weighted by molar-refractivity contribution is 0.0526. The van der Waals surface area contributed by atoms with Gasteiger partial charge in [-0.3, -0.25) is 4.98 Å². The van der Waals surface area contributed by atoms with Crippen molar-refractivity contribution in [3.8, 4) is 0 Å². The number of esters is 1. The van der Waals surface area contributed by atoms with E-state index in [9.17, 15) is 4.79 Å². The standard InChI is InChI=1S/C12H17NO2/c1-5-15-11(14)9-6-7-13-10(8-9)12(2,3)4/h6-8H,5H2,1-4H3. The third-order valence-electron chi connectivity index (χ3n) is 2.04. The quantitative estimate of drug-likeness (QED) is 0.699. The van der Waals surface area contributed by atoms with Crippen molar-refractivity contribution in [2.24, 2.45) is 0 Å². The van der Waals surface area contributed by atoms with E-state index in [1.165, 1.54) is 0 Å². The lowest BCUT2D eigenvalue weighted by atomic mass is 9.91. The second-order valence-corrected chi connectivity index (χ2v) is 4.40. The molecule has 0 aliphatic heterocycles. The van der Waals surface area contributed by atoms with Crippen molar-refractivity contribution >= 4 is 5.97 Å². The average Bonchev–Trinajstić information content (AvgIpc) is 2.17. The van der Waals surface area contributed by atoms with Crippen molar-refractivity contribution in [2.75, 3.05) is 6.61 Å². The molecule has 0 saturated carbocycles. The monoisotopic (exact) mass is 207 g/mol. The normalized spacial score (nSPS) is 11.2. The van der Waals surface area contributed by atoms with Crippen LogP contribution in [-0.4, -0.2) is 17.6 Å². The number of ether oxygens (including phenoxy) is 1. The molecule has 0 saturated heterocycles. The van der Waals surface area contributed by atoms with Crippen LogP contribution in [-0.2, 0) is 10.2 Å². The van der Waals surface area contributed by atoms with Gasteiger partial charge in [-0.15, -0.1) is 0 Å². The molecule has 0 amide bonds. The van der Waals surface area contributed by atoms with E-state index >= 15 is 0 Å². The fraction of sp³-hybridized carbons (Fsp3) is 0.500. The van der Waals surface area contributed by atoms with Crippen LogP contribution in [0.5, 0.6) is 0 Å². The summed E-state index contributed by atoms with van der Waals surface area (Å²) in [4.78, 5) is 15.7. The Morgan fingerprint density at radius 1 is 1.47 bits per heavy atom. The molecule has 1 rings (SSSR count). The highest BCUT2D eigenvalue weighted by Gasteiger charge is 2.17. The van der Waals surface area contributed by atoms with E-state index in [2.05, 4.69) is 25.8 Å². The van der Waals surface area contributed by atoms with Crippen LogP contribution in [0.3, 0.4) is 0 Å². The third kappa shape index (κ3) is 3.05. The van der Waals surface area contributed by atoms with E-state index < -0.39 is 0 Å². The smallest absolute Gasteiger partial charge is 0.338 e. The Balaban J connectivity index is 2.98. The molecule has 0 spiro atoms. The predicted molar refractivity (Wildman–Crippen MR) is 58.9 cm³/mol. The summed E-state index contributed by atoms with van der Waals surface area (Å²) in [6, 6.07) is 3.46. The van der Waals surface area contributed by atoms with Crippen molar-refractivity contribution in [3.63, 3.8) is 0 Å². The first-order chi connectivity index (χ1) is 6.95. The van der Waals surface area contributed by atoms with E-state index in [0.717, 1.165) is 5.69 Å². The van der Waals surface area contributed by atoms with Crippen molar-refractivity contribution in [1.29, 1.82) is 0 Å². The highest BCUT2D eigenvalue weighted by molar-refractivity contribution is 5.89. The van der Waals surface area contributed by atoms with Crippen LogP contribution in [0.1, 0.15) is 43.7 Å². The van der Waals surface area contributed by atoms with Crippen LogP contribution < -0.4 is 0 Å². The summed E-state index contributed by atoms with van der Waals surface area (Å²) in [5.74, 6) is -0.287. The SMILES string of the molecule is CCOC(=O)c1ccnc(C(C)(C)C)c1. The van der Waals surface area contributed by atoms with E-state index in [1.54, 1.807) is 25.3 Å². The van der Waals surface area contributed by atoms with Crippen molar-refractivity contribution < 1.29 is 9.53 Å². The summed E-state index contributed by atoms with van der Waals surface area (Å²) < 4.78 is 4.93. The Kier molecular flexibility index (Phi) is 3.45. The Morgan fingerprint density at radius 2 is 2.13 bits per heavy atom. The number of rotatable bonds is 2. The number of hydrogen-bond acceptors (Lipinski definition) is 3. The van der Waals surface area contributed by atoms with Gasteiger partial charge in [0.25, 0.3) is 0 Å². The van der Waals surface area contributed by atoms with E-state index in [4.69, 9.17) is 4.74 Å². The molecule has 0 aliphatic carbocycles. The van der Waals surface area contributed by atoms with Crippen LogP contribution >= 0.6 is 0 Å². The maximum absolute atomic E-state index is 11.5. The minimum absolute atomic E-state index is 0.0531. The predicted octanol–water partition coefficient (Wildman–Crippen LogP) is 2.56. The molecule has 0 aliphatic rings. The Labute approximate surface area is 90.5 Å². The topological polar surface area (TPSA) is 39.2 Å². The molecule has 1 aromatic heterocycles. The summed E-state index contributed by atoms with van der Waals surface area (Å²) in [6.07, 6.45) is 1.65. The van der Waals surface area contributed by atoms with Gasteiger partial charge in [-0.1, -0.05) is 20.8 Å². The average molecular weight is 207 g/mol. The first-order valence-electron chi connectivity index (χ1n) is 5.09. The Bertz CT molecular complexity index is 353. The van der Waals surface area contributed by atoms with Crippen LogP contribution in [0.15, 0.2) is 18.3 Å². The van der Waals surface area contributed by atoms with Gasteiger partial charge in [0, 0.05) is 17.3 Å². The Morgan fingerprint density at radius 3 is 2.67 bits per heavy atom. The molecule has 1 aromatic rings. The lowest BCUT2D eigenvalue weighted by Gasteiger charge is -2.17. The zero-order valence-corrected chi connectivity index (χ0v) is 9.70. The number of nitrogens with zero attached hydrogens (tertiary/aromatic N) is 1. The van der Waals surface area contributed by atoms with Gasteiger partial charge in [-0.2, -0.15) is 0 Å². The molecule has 3 heteroatoms. The summed E-state index contributed by atoms with van der Waals surface area (Å²) >= 11 is 0. The molecule has 3 nitrogen and oxygen atoms in total. The van der Waals surface area contributed by atoms with Gasteiger partial charge < -0.3 is 4.74 Å². The van der Waals surface area contributed by atoms with Crippen molar-refractivity contribution in [1.82, 2.24) is 4.98 Å². The summed E-state index contributed by atoms with van der Waals surface area (Å²) in [6.45, 7) is 8.37. The van der Waals surface area contributed by atoms with Crippen molar-refractivity contribution in [3.05, 3.63) is 29.6 Å². The minimum atomic E-state index is -0.287. The second kappa shape index (κ2) is 4.43. The van der Waals surface area contributed by atoms with Gasteiger partial charge >= 0.3 is 5.97 Å². The van der Waals surface area contributed by atoms with E-state index in [-0.39, 0.29) is 11.4 Å². The van der Waals surface area contributed by atoms with Gasteiger partial charge in [0.2, 0.25) is 0 Å². The van der Waals surface area contributed by atoms with Gasteiger partial charge in [0.1, 0.15) is 0 Å². The van der Waals surface area contributed by atoms with Gasteiger partial charge in [-0.25, -0.2) is 4.79 Å². The zero-order valence-electron chi connectivity index (χ0n) is 9.70. The number of carbonyl (C=O) groups excluding carboxylic acids is 1. The molecule has 0 unspecified atom stereocenters. The van der Waals surface area contributed by atoms with E-state index in [0.29, 0.717) is 12.2 Å². The summed E-state index contributed by atoms with van der Waals surface area (Å²) in [7, 11) is 0. The molecule has 0 N–H and O–H groups in total. The van der Waals surface area contributed by atoms with Crippen LogP contribution in [0.4, 0.5) is 0 Å². The highest BCUT2D eigenvalue weighted by atomic mass is 16.5. The van der Waals surface area contributed by atoms with Crippen LogP contribution in [0, 0.1) is 0 Å². The minimum Gasteiger partial charge on any atom is -0.462 e. The number of pyridine rings is 1. The third-order valence-corrected chi connectivity index (χ3v) is 2.04. The molecule has 0 atom stereocenters. The van der Waals surface area contributed by atoms with E-state index in [1.807, 2.05) is 0 Å². The zero-order chi connectivity index (χ0) is 11.5. The first kappa shape index (κ1) is 11.7. The summed E-state index contributed by atoms with van der Waals surface area (Å²) in [5.41, 5.74) is 1.41. The fourth-order valence-electron chi connectivity index (χ4n) is 1.18. The first-order valence-corrected chi connectivity index (χ1v) is 5.09. The summed E-state index contributed by atoms with van der Waals surface area (Å²) in [5, 5.41) is 0. The molecular formula is C12H17NO2. The molecular weight excluding hydrogens is 190 g/mol.